The van der Waals surface area contributed by atoms with Crippen LogP contribution in [0.3, 0.4) is 0 Å². The van der Waals surface area contributed by atoms with Crippen molar-refractivity contribution < 1.29 is 14.3 Å². The number of allylic oxidation sites excluding steroid dienone is 2. The van der Waals surface area contributed by atoms with Gasteiger partial charge in [-0.15, -0.1) is 0 Å². The lowest BCUT2D eigenvalue weighted by atomic mass is 9.99. The molecule has 8 heteroatoms. The highest BCUT2D eigenvalue weighted by atomic mass is 16.5. The molecule has 0 spiro atoms. The van der Waals surface area contributed by atoms with Gasteiger partial charge in [-0.3, -0.25) is 9.59 Å². The minimum Gasteiger partial charge on any atom is -0.493 e. The molecule has 5 rings (SSSR count). The number of nitrogens with zero attached hydrogens (tertiary/aromatic N) is 1. The zero-order chi connectivity index (χ0) is 24.5. The molecule has 2 aromatic carbocycles. The molecule has 1 aliphatic carbocycles. The highest BCUT2D eigenvalue weighted by Crippen LogP contribution is 2.44. The quantitative estimate of drug-likeness (QED) is 0.397. The Morgan fingerprint density at radius 2 is 2.00 bits per heavy atom. The average Bonchev–Trinajstić information content (AvgIpc) is 3.11. The molecule has 8 nitrogen and oxygen atoms in total. The van der Waals surface area contributed by atoms with Crippen LogP contribution >= 0.6 is 0 Å². The van der Waals surface area contributed by atoms with Gasteiger partial charge < -0.3 is 20.1 Å². The van der Waals surface area contributed by atoms with Gasteiger partial charge in [-0.2, -0.15) is 5.10 Å². The summed E-state index contributed by atoms with van der Waals surface area (Å²) in [6.45, 7) is 4.28. The van der Waals surface area contributed by atoms with E-state index in [2.05, 4.69) is 27.4 Å². The number of nitrogens with one attached hydrogen (secondary N) is 3. The number of amides is 1. The first kappa shape index (κ1) is 22.2. The van der Waals surface area contributed by atoms with Crippen molar-refractivity contribution in [2.24, 2.45) is 0 Å². The summed E-state index contributed by atoms with van der Waals surface area (Å²) in [4.78, 5) is 24.6. The molecule has 3 aromatic rings. The Balaban J connectivity index is 1.43. The smallest absolute Gasteiger partial charge is 0.272 e. The van der Waals surface area contributed by atoms with E-state index in [0.717, 1.165) is 22.4 Å². The van der Waals surface area contributed by atoms with E-state index in [1.165, 1.54) is 0 Å². The number of rotatable bonds is 6. The first-order valence-electron chi connectivity index (χ1n) is 11.2. The van der Waals surface area contributed by atoms with Gasteiger partial charge >= 0.3 is 0 Å². The topological polar surface area (TPSA) is 105 Å². The fourth-order valence-corrected chi connectivity index (χ4v) is 4.14. The normalized spacial score (nSPS) is 13.9. The molecule has 0 atom stereocenters. The third-order valence-electron chi connectivity index (χ3n) is 6.01. The third-order valence-corrected chi connectivity index (χ3v) is 6.01. The second kappa shape index (κ2) is 8.98. The van der Waals surface area contributed by atoms with Crippen LogP contribution in [0.15, 0.2) is 88.6 Å². The van der Waals surface area contributed by atoms with E-state index in [1.807, 2.05) is 30.3 Å². The van der Waals surface area contributed by atoms with Crippen molar-refractivity contribution in [3.63, 3.8) is 0 Å². The Morgan fingerprint density at radius 3 is 2.80 bits per heavy atom. The van der Waals surface area contributed by atoms with Crippen molar-refractivity contribution in [3.8, 4) is 22.8 Å². The summed E-state index contributed by atoms with van der Waals surface area (Å²) in [5, 5.41) is 13.8. The minimum atomic E-state index is -0.259. The molecule has 3 N–H and O–H groups in total. The Morgan fingerprint density at radius 1 is 1.14 bits per heavy atom. The van der Waals surface area contributed by atoms with Crippen LogP contribution in [0.5, 0.6) is 11.5 Å². The SMILES string of the molecule is C=C(NC)C1=CCC(OCc2ccc3c(c2)-c2n[nH]c(=O)c4cccc(c24)O3)=CC(C(=O)NC)=C1. The number of hydrogen-bond acceptors (Lipinski definition) is 6. The molecule has 0 unspecified atom stereocenters. The molecule has 35 heavy (non-hydrogen) atoms. The number of aromatic nitrogens is 2. The lowest BCUT2D eigenvalue weighted by Gasteiger charge is -2.20. The van der Waals surface area contributed by atoms with Gasteiger partial charge in [-0.25, -0.2) is 5.10 Å². The number of carbonyl (C=O) groups excluding carboxylic acids is 1. The zero-order valence-corrected chi connectivity index (χ0v) is 19.4. The van der Waals surface area contributed by atoms with Crippen molar-refractivity contribution in [1.29, 1.82) is 0 Å². The van der Waals surface area contributed by atoms with Gasteiger partial charge in [0.15, 0.2) is 0 Å². The van der Waals surface area contributed by atoms with Crippen molar-refractivity contribution in [2.75, 3.05) is 14.1 Å². The van der Waals surface area contributed by atoms with Crippen LogP contribution in [-0.4, -0.2) is 30.2 Å². The van der Waals surface area contributed by atoms with Crippen molar-refractivity contribution in [1.82, 2.24) is 20.8 Å². The number of H-pyrrole nitrogens is 1. The Bertz CT molecular complexity index is 1530. The second-order valence-electron chi connectivity index (χ2n) is 8.18. The molecule has 1 aromatic heterocycles. The average molecular weight is 469 g/mol. The number of aromatic amines is 1. The monoisotopic (exact) mass is 468 g/mol. The van der Waals surface area contributed by atoms with Gasteiger partial charge in [0.25, 0.3) is 11.5 Å². The van der Waals surface area contributed by atoms with E-state index in [1.54, 1.807) is 38.4 Å². The minimum absolute atomic E-state index is 0.208. The van der Waals surface area contributed by atoms with Crippen LogP contribution in [0.4, 0.5) is 0 Å². The van der Waals surface area contributed by atoms with Crippen molar-refractivity contribution in [2.45, 2.75) is 13.0 Å². The molecule has 176 valence electrons. The lowest BCUT2D eigenvalue weighted by molar-refractivity contribution is -0.116. The van der Waals surface area contributed by atoms with E-state index >= 15 is 0 Å². The molecule has 0 saturated heterocycles. The maximum absolute atomic E-state index is 12.4. The Hall–Kier alpha value is -4.59. The highest BCUT2D eigenvalue weighted by molar-refractivity contribution is 6.01. The number of hydrogen-bond donors (Lipinski definition) is 3. The predicted octanol–water partition coefficient (Wildman–Crippen LogP) is 3.83. The summed E-state index contributed by atoms with van der Waals surface area (Å²) >= 11 is 0. The maximum Gasteiger partial charge on any atom is 0.272 e. The van der Waals surface area contributed by atoms with Crippen LogP contribution < -0.4 is 20.9 Å². The molecule has 0 bridgehead atoms. The van der Waals surface area contributed by atoms with Gasteiger partial charge in [0.05, 0.1) is 10.8 Å². The fraction of sp³-hybridized carbons (Fsp3) is 0.148. The van der Waals surface area contributed by atoms with E-state index < -0.39 is 0 Å². The molecule has 2 heterocycles. The molecule has 0 saturated carbocycles. The van der Waals surface area contributed by atoms with Crippen molar-refractivity contribution >= 4 is 16.7 Å². The summed E-state index contributed by atoms with van der Waals surface area (Å²) in [6, 6.07) is 11.1. The molecule has 1 amide bonds. The molecular weight excluding hydrogens is 444 g/mol. The first-order chi connectivity index (χ1) is 17.0. The second-order valence-corrected chi connectivity index (χ2v) is 8.18. The van der Waals surface area contributed by atoms with Gasteiger partial charge in [0, 0.05) is 37.3 Å². The first-order valence-corrected chi connectivity index (χ1v) is 11.2. The van der Waals surface area contributed by atoms with Crippen LogP contribution in [0.25, 0.3) is 22.0 Å². The van der Waals surface area contributed by atoms with E-state index in [-0.39, 0.29) is 18.1 Å². The van der Waals surface area contributed by atoms with Gasteiger partial charge in [-0.05, 0) is 47.6 Å². The van der Waals surface area contributed by atoms with Crippen LogP contribution in [0.1, 0.15) is 12.0 Å². The molecule has 2 aliphatic rings. The summed E-state index contributed by atoms with van der Waals surface area (Å²) in [5.74, 6) is 1.71. The van der Waals surface area contributed by atoms with Gasteiger partial charge in [0.2, 0.25) is 0 Å². The third kappa shape index (κ3) is 4.10. The zero-order valence-electron chi connectivity index (χ0n) is 19.4. The standard InChI is InChI=1S/C27H24N4O4/c1-15(28-2)17-8-9-19(13-18(12-17)26(32)29-3)34-14-16-7-10-22-21(11-16)25-24-20(27(33)31-30-25)5-4-6-23(24)35-22/h4-8,10-13,28H,1,9,14H2,2-3H3,(H,29,32)(H,31,33). The highest BCUT2D eigenvalue weighted by Gasteiger charge is 2.23. The lowest BCUT2D eigenvalue weighted by Crippen LogP contribution is -2.19. The van der Waals surface area contributed by atoms with Crippen LogP contribution in [0, 0.1) is 0 Å². The van der Waals surface area contributed by atoms with Gasteiger partial charge in [0.1, 0.15) is 29.6 Å². The van der Waals surface area contributed by atoms with E-state index in [9.17, 15) is 9.59 Å². The Kier molecular flexibility index (Phi) is 5.70. The number of benzene rings is 2. The maximum atomic E-state index is 12.4. The number of fused-ring (bicyclic) bond motifs is 2. The van der Waals surface area contributed by atoms with Crippen LogP contribution in [-0.2, 0) is 16.1 Å². The van der Waals surface area contributed by atoms with E-state index in [0.29, 0.717) is 45.7 Å². The predicted molar refractivity (Wildman–Crippen MR) is 134 cm³/mol. The summed E-state index contributed by atoms with van der Waals surface area (Å²) in [7, 11) is 3.38. The summed E-state index contributed by atoms with van der Waals surface area (Å²) in [6.07, 6.45) is 6.01. The summed E-state index contributed by atoms with van der Waals surface area (Å²) < 4.78 is 12.2. The Labute approximate surface area is 201 Å². The number of ether oxygens (including phenoxy) is 2. The summed E-state index contributed by atoms with van der Waals surface area (Å²) in [5.41, 5.74) is 4.11. The van der Waals surface area contributed by atoms with Crippen LogP contribution in [0.2, 0.25) is 0 Å². The number of carbonyl (C=O) groups is 1. The van der Waals surface area contributed by atoms with Crippen molar-refractivity contribution in [3.05, 3.63) is 99.7 Å². The van der Waals surface area contributed by atoms with E-state index in [4.69, 9.17) is 9.47 Å². The fourth-order valence-electron chi connectivity index (χ4n) is 4.14. The van der Waals surface area contributed by atoms with Gasteiger partial charge in [-0.1, -0.05) is 24.8 Å². The molecule has 0 fully saturated rings. The molecule has 1 aliphatic heterocycles. The molecule has 0 radical (unpaired) electrons. The number of likely N-dealkylation sites (N-methyl/N-ethyl adjacent to an activating group) is 2. The molecular formula is C27H24N4O4. The largest absolute Gasteiger partial charge is 0.493 e.